The van der Waals surface area contributed by atoms with Crippen LogP contribution < -0.4 is 10.2 Å². The molecule has 0 saturated carbocycles. The number of thioether (sulfide) groups is 1. The van der Waals surface area contributed by atoms with Crippen LogP contribution in [0.4, 0.5) is 11.4 Å². The Kier molecular flexibility index (Phi) is 6.88. The molecule has 2 heterocycles. The summed E-state index contributed by atoms with van der Waals surface area (Å²) < 4.78 is 11.1. The van der Waals surface area contributed by atoms with Gasteiger partial charge in [-0.1, -0.05) is 53.7 Å². The number of anilines is 2. The molecule has 4 rings (SSSR count). The number of nitrogens with zero attached hydrogens (tertiary/aromatic N) is 3. The number of nitrogens with one attached hydrogen (secondary N) is 1. The minimum absolute atomic E-state index is 0.155. The summed E-state index contributed by atoms with van der Waals surface area (Å²) >= 11 is 7.35. The number of benzene rings is 2. The van der Waals surface area contributed by atoms with Crippen LogP contribution in [0.15, 0.2) is 58.2 Å². The van der Waals surface area contributed by atoms with Gasteiger partial charge in [0.25, 0.3) is 5.22 Å². The largest absolute Gasteiger partial charge is 0.416 e. The van der Waals surface area contributed by atoms with E-state index < -0.39 is 0 Å². The molecule has 1 aromatic heterocycles. The Morgan fingerprint density at radius 1 is 1.13 bits per heavy atom. The van der Waals surface area contributed by atoms with Crippen molar-refractivity contribution in [2.24, 2.45) is 0 Å². The van der Waals surface area contributed by atoms with Gasteiger partial charge in [0, 0.05) is 18.1 Å². The maximum absolute atomic E-state index is 12.5. The van der Waals surface area contributed by atoms with Crippen molar-refractivity contribution < 1.29 is 13.9 Å². The Bertz CT molecular complexity index is 993. The molecule has 1 fully saturated rings. The molecule has 9 heteroatoms. The van der Waals surface area contributed by atoms with E-state index in [0.717, 1.165) is 24.3 Å². The van der Waals surface area contributed by atoms with Gasteiger partial charge >= 0.3 is 0 Å². The van der Waals surface area contributed by atoms with Crippen LogP contribution in [0.1, 0.15) is 11.5 Å². The highest BCUT2D eigenvalue weighted by Gasteiger charge is 2.17. The standard InChI is InChI=1S/C21H21ClN4O3S/c22-16-6-7-18(26-8-10-28-11-9-26)17(13-16)23-19(27)14-30-21-25-24-20(29-21)12-15-4-2-1-3-5-15/h1-7,13H,8-12,14H2,(H,23,27). The molecule has 1 saturated heterocycles. The van der Waals surface area contributed by atoms with Crippen molar-refractivity contribution in [2.45, 2.75) is 11.6 Å². The van der Waals surface area contributed by atoms with Crippen molar-refractivity contribution in [2.75, 3.05) is 42.3 Å². The van der Waals surface area contributed by atoms with Gasteiger partial charge < -0.3 is 19.4 Å². The molecular formula is C21H21ClN4O3S. The van der Waals surface area contributed by atoms with E-state index in [4.69, 9.17) is 20.8 Å². The normalized spacial score (nSPS) is 14.0. The van der Waals surface area contributed by atoms with Gasteiger partial charge in [-0.05, 0) is 23.8 Å². The number of aromatic nitrogens is 2. The molecule has 0 atom stereocenters. The molecule has 1 N–H and O–H groups in total. The molecule has 0 aliphatic carbocycles. The summed E-state index contributed by atoms with van der Waals surface area (Å²) in [7, 11) is 0. The zero-order valence-corrected chi connectivity index (χ0v) is 17.8. The molecule has 0 bridgehead atoms. The van der Waals surface area contributed by atoms with Crippen LogP contribution in [0, 0.1) is 0 Å². The Labute approximate surface area is 183 Å². The maximum atomic E-state index is 12.5. The first-order chi connectivity index (χ1) is 14.7. The fourth-order valence-electron chi connectivity index (χ4n) is 3.14. The molecule has 3 aromatic rings. The predicted molar refractivity (Wildman–Crippen MR) is 117 cm³/mol. The average molecular weight is 445 g/mol. The van der Waals surface area contributed by atoms with Crippen LogP contribution >= 0.6 is 23.4 Å². The second-order valence-corrected chi connectivity index (χ2v) is 8.08. The molecule has 156 valence electrons. The Hall–Kier alpha value is -2.55. The second kappa shape index (κ2) is 9.97. The van der Waals surface area contributed by atoms with Crippen LogP contribution in [0.25, 0.3) is 0 Å². The third-order valence-corrected chi connectivity index (χ3v) is 5.61. The molecule has 1 aliphatic rings. The number of rotatable bonds is 7. The highest BCUT2D eigenvalue weighted by atomic mass is 35.5. The molecule has 0 unspecified atom stereocenters. The third kappa shape index (κ3) is 5.53. The molecule has 0 spiro atoms. The average Bonchev–Trinajstić information content (AvgIpc) is 3.21. The minimum Gasteiger partial charge on any atom is -0.416 e. The van der Waals surface area contributed by atoms with E-state index in [0.29, 0.717) is 41.5 Å². The van der Waals surface area contributed by atoms with Gasteiger partial charge in [0.2, 0.25) is 11.8 Å². The van der Waals surface area contributed by atoms with Gasteiger partial charge in [-0.15, -0.1) is 10.2 Å². The zero-order chi connectivity index (χ0) is 20.8. The van der Waals surface area contributed by atoms with Crippen molar-refractivity contribution in [3.8, 4) is 0 Å². The first kappa shape index (κ1) is 20.7. The smallest absolute Gasteiger partial charge is 0.277 e. The van der Waals surface area contributed by atoms with Crippen LogP contribution in [0.2, 0.25) is 5.02 Å². The molecule has 1 aliphatic heterocycles. The lowest BCUT2D eigenvalue weighted by molar-refractivity contribution is -0.113. The summed E-state index contributed by atoms with van der Waals surface area (Å²) in [6.07, 6.45) is 0.562. The topological polar surface area (TPSA) is 80.5 Å². The molecule has 2 aromatic carbocycles. The number of carbonyl (C=O) groups excluding carboxylic acids is 1. The first-order valence-electron chi connectivity index (χ1n) is 9.58. The number of hydrogen-bond donors (Lipinski definition) is 1. The number of amides is 1. The van der Waals surface area contributed by atoms with Crippen molar-refractivity contribution >= 4 is 40.6 Å². The van der Waals surface area contributed by atoms with Crippen LogP contribution in [-0.2, 0) is 16.0 Å². The first-order valence-corrected chi connectivity index (χ1v) is 10.9. The van der Waals surface area contributed by atoms with Crippen molar-refractivity contribution in [1.29, 1.82) is 0 Å². The molecule has 30 heavy (non-hydrogen) atoms. The Morgan fingerprint density at radius 3 is 2.73 bits per heavy atom. The lowest BCUT2D eigenvalue weighted by Crippen LogP contribution is -2.36. The summed E-state index contributed by atoms with van der Waals surface area (Å²) in [5.41, 5.74) is 2.71. The summed E-state index contributed by atoms with van der Waals surface area (Å²) in [5.74, 6) is 0.510. The van der Waals surface area contributed by atoms with Gasteiger partial charge in [0.05, 0.1) is 36.8 Å². The lowest BCUT2D eigenvalue weighted by Gasteiger charge is -2.30. The second-order valence-electron chi connectivity index (χ2n) is 6.72. The number of ether oxygens (including phenoxy) is 1. The van der Waals surface area contributed by atoms with Crippen molar-refractivity contribution in [1.82, 2.24) is 10.2 Å². The van der Waals surface area contributed by atoms with E-state index in [1.54, 1.807) is 6.07 Å². The molecular weight excluding hydrogens is 424 g/mol. The Morgan fingerprint density at radius 2 is 1.93 bits per heavy atom. The number of hydrogen-bond acceptors (Lipinski definition) is 7. The number of halogens is 1. The summed E-state index contributed by atoms with van der Waals surface area (Å²) in [4.78, 5) is 14.7. The van der Waals surface area contributed by atoms with E-state index in [1.807, 2.05) is 42.5 Å². The fourth-order valence-corrected chi connectivity index (χ4v) is 3.89. The molecule has 1 amide bonds. The van der Waals surface area contributed by atoms with Gasteiger partial charge in [0.1, 0.15) is 0 Å². The van der Waals surface area contributed by atoms with Crippen LogP contribution in [-0.4, -0.2) is 48.2 Å². The minimum atomic E-state index is -0.167. The quantitative estimate of drug-likeness (QED) is 0.554. The van der Waals surface area contributed by atoms with Gasteiger partial charge in [-0.3, -0.25) is 4.79 Å². The monoisotopic (exact) mass is 444 g/mol. The predicted octanol–water partition coefficient (Wildman–Crippen LogP) is 3.88. The number of morpholine rings is 1. The lowest BCUT2D eigenvalue weighted by atomic mass is 10.2. The van der Waals surface area contributed by atoms with Gasteiger partial charge in [-0.2, -0.15) is 0 Å². The molecule has 0 radical (unpaired) electrons. The van der Waals surface area contributed by atoms with Crippen LogP contribution in [0.3, 0.4) is 0 Å². The highest BCUT2D eigenvalue weighted by molar-refractivity contribution is 7.99. The molecule has 7 nitrogen and oxygen atoms in total. The third-order valence-electron chi connectivity index (χ3n) is 4.56. The zero-order valence-electron chi connectivity index (χ0n) is 16.2. The van der Waals surface area contributed by atoms with Gasteiger partial charge in [-0.25, -0.2) is 0 Å². The van der Waals surface area contributed by atoms with E-state index in [2.05, 4.69) is 20.4 Å². The number of carbonyl (C=O) groups is 1. The van der Waals surface area contributed by atoms with E-state index in [-0.39, 0.29) is 11.7 Å². The van der Waals surface area contributed by atoms with E-state index in [1.165, 1.54) is 11.8 Å². The summed E-state index contributed by atoms with van der Waals surface area (Å²) in [5, 5.41) is 12.0. The van der Waals surface area contributed by atoms with Gasteiger partial charge in [0.15, 0.2) is 0 Å². The van der Waals surface area contributed by atoms with E-state index in [9.17, 15) is 4.79 Å². The maximum Gasteiger partial charge on any atom is 0.277 e. The van der Waals surface area contributed by atoms with Crippen molar-refractivity contribution in [3.63, 3.8) is 0 Å². The SMILES string of the molecule is O=C(CSc1nnc(Cc2ccccc2)o1)Nc1cc(Cl)ccc1N1CCOCC1. The summed E-state index contributed by atoms with van der Waals surface area (Å²) in [6.45, 7) is 2.86. The van der Waals surface area contributed by atoms with E-state index >= 15 is 0 Å². The van der Waals surface area contributed by atoms with Crippen LogP contribution in [0.5, 0.6) is 0 Å². The summed E-state index contributed by atoms with van der Waals surface area (Å²) in [6, 6.07) is 15.4. The highest BCUT2D eigenvalue weighted by Crippen LogP contribution is 2.30. The fraction of sp³-hybridized carbons (Fsp3) is 0.286. The van der Waals surface area contributed by atoms with Crippen molar-refractivity contribution in [3.05, 3.63) is 65.0 Å². The Balaban J connectivity index is 1.35.